The smallest absolute Gasteiger partial charge is 0.246 e. The topological polar surface area (TPSA) is 60.2 Å². The van der Waals surface area contributed by atoms with Gasteiger partial charge < -0.3 is 9.64 Å². The van der Waals surface area contributed by atoms with Crippen LogP contribution < -0.4 is 4.74 Å². The molecule has 3 rings (SSSR count). The van der Waals surface area contributed by atoms with Crippen LogP contribution in [0, 0.1) is 0 Å². The van der Waals surface area contributed by atoms with Crippen LogP contribution in [-0.2, 0) is 4.79 Å². The van der Waals surface area contributed by atoms with Crippen molar-refractivity contribution in [3.63, 3.8) is 0 Å². The summed E-state index contributed by atoms with van der Waals surface area (Å²) in [6.07, 6.45) is 6.53. The molecular weight excluding hydrogens is 352 g/mol. The molecule has 3 aromatic rings. The van der Waals surface area contributed by atoms with Crippen LogP contribution in [0.1, 0.15) is 31.0 Å². The lowest BCUT2D eigenvalue weighted by Gasteiger charge is -2.24. The SMILES string of the molecule is CCOc1ccccc1/C=C/C(=O)N(C)[C@H](C)c1ccc(-n2cncn2)cc1. The number of carbonyl (C=O) groups is 1. The maximum absolute atomic E-state index is 12.6. The molecule has 0 unspecified atom stereocenters. The van der Waals surface area contributed by atoms with Crippen molar-refractivity contribution in [2.24, 2.45) is 0 Å². The van der Waals surface area contributed by atoms with Crippen LogP contribution in [0.25, 0.3) is 11.8 Å². The first kappa shape index (κ1) is 19.4. The fourth-order valence-corrected chi connectivity index (χ4v) is 2.85. The number of likely N-dealkylation sites (N-methyl/N-ethyl adjacent to an activating group) is 1. The maximum atomic E-state index is 12.6. The minimum atomic E-state index is -0.0702. The van der Waals surface area contributed by atoms with E-state index in [1.165, 1.54) is 6.33 Å². The number of hydrogen-bond acceptors (Lipinski definition) is 4. The van der Waals surface area contributed by atoms with E-state index >= 15 is 0 Å². The van der Waals surface area contributed by atoms with Gasteiger partial charge in [0.2, 0.25) is 5.91 Å². The summed E-state index contributed by atoms with van der Waals surface area (Å²) in [7, 11) is 1.80. The molecule has 0 spiro atoms. The highest BCUT2D eigenvalue weighted by Gasteiger charge is 2.15. The average Bonchev–Trinajstić information content (AvgIpc) is 3.27. The minimum absolute atomic E-state index is 0.0657. The molecule has 0 fully saturated rings. The number of rotatable bonds is 7. The third kappa shape index (κ3) is 4.46. The van der Waals surface area contributed by atoms with Gasteiger partial charge in [-0.2, -0.15) is 5.10 Å². The van der Waals surface area contributed by atoms with E-state index < -0.39 is 0 Å². The number of carbonyl (C=O) groups excluding carboxylic acids is 1. The quantitative estimate of drug-likeness (QED) is 0.587. The monoisotopic (exact) mass is 376 g/mol. The van der Waals surface area contributed by atoms with Crippen LogP contribution in [0.2, 0.25) is 0 Å². The zero-order valence-corrected chi connectivity index (χ0v) is 16.3. The van der Waals surface area contributed by atoms with Gasteiger partial charge in [-0.1, -0.05) is 30.3 Å². The Kier molecular flexibility index (Phi) is 6.22. The molecule has 0 aliphatic carbocycles. The molecular formula is C22H24N4O2. The van der Waals surface area contributed by atoms with Crippen LogP contribution in [-0.4, -0.2) is 39.2 Å². The van der Waals surface area contributed by atoms with Gasteiger partial charge in [-0.15, -0.1) is 0 Å². The van der Waals surface area contributed by atoms with Crippen molar-refractivity contribution in [1.82, 2.24) is 19.7 Å². The molecule has 1 aromatic heterocycles. The molecule has 0 saturated heterocycles. The Morgan fingerprint density at radius 3 is 2.64 bits per heavy atom. The number of amides is 1. The largest absolute Gasteiger partial charge is 0.493 e. The number of para-hydroxylation sites is 1. The number of benzene rings is 2. The standard InChI is InChI=1S/C22H24N4O2/c1-4-28-21-8-6-5-7-19(21)11-14-22(27)25(3)17(2)18-9-12-20(13-10-18)26-16-23-15-24-26/h5-17H,4H2,1-3H3/b14-11+/t17-/m1/s1. The maximum Gasteiger partial charge on any atom is 0.246 e. The van der Waals surface area contributed by atoms with Crippen molar-refractivity contribution < 1.29 is 9.53 Å². The number of nitrogens with zero attached hydrogens (tertiary/aromatic N) is 4. The van der Waals surface area contributed by atoms with Crippen molar-refractivity contribution in [1.29, 1.82) is 0 Å². The van der Waals surface area contributed by atoms with Gasteiger partial charge in [-0.05, 0) is 43.7 Å². The Hall–Kier alpha value is -3.41. The van der Waals surface area contributed by atoms with E-state index in [9.17, 15) is 4.79 Å². The van der Waals surface area contributed by atoms with Crippen LogP contribution in [0.3, 0.4) is 0 Å². The van der Waals surface area contributed by atoms with E-state index in [1.807, 2.05) is 62.4 Å². The summed E-state index contributed by atoms with van der Waals surface area (Å²) in [5, 5.41) is 4.12. The summed E-state index contributed by atoms with van der Waals surface area (Å²) in [5.74, 6) is 0.701. The number of aromatic nitrogens is 3. The van der Waals surface area contributed by atoms with Gasteiger partial charge in [0.15, 0.2) is 0 Å². The highest BCUT2D eigenvalue weighted by atomic mass is 16.5. The van der Waals surface area contributed by atoms with Crippen LogP contribution in [0.4, 0.5) is 0 Å². The van der Waals surface area contributed by atoms with Crippen LogP contribution >= 0.6 is 0 Å². The first-order valence-electron chi connectivity index (χ1n) is 9.21. The lowest BCUT2D eigenvalue weighted by molar-refractivity contribution is -0.126. The van der Waals surface area contributed by atoms with Gasteiger partial charge >= 0.3 is 0 Å². The van der Waals surface area contributed by atoms with Gasteiger partial charge in [-0.3, -0.25) is 4.79 Å². The Morgan fingerprint density at radius 2 is 1.96 bits per heavy atom. The molecule has 28 heavy (non-hydrogen) atoms. The predicted octanol–water partition coefficient (Wildman–Crippen LogP) is 3.90. The molecule has 6 nitrogen and oxygen atoms in total. The normalized spacial score (nSPS) is 12.1. The van der Waals surface area contributed by atoms with Crippen molar-refractivity contribution in [2.45, 2.75) is 19.9 Å². The number of ether oxygens (including phenoxy) is 1. The molecule has 6 heteroatoms. The second kappa shape index (κ2) is 8.99. The molecule has 1 amide bonds. The molecule has 0 radical (unpaired) electrons. The Morgan fingerprint density at radius 1 is 1.21 bits per heavy atom. The second-order valence-corrected chi connectivity index (χ2v) is 6.36. The molecule has 0 bridgehead atoms. The summed E-state index contributed by atoms with van der Waals surface area (Å²) in [4.78, 5) is 18.3. The lowest BCUT2D eigenvalue weighted by atomic mass is 10.1. The van der Waals surface area contributed by atoms with Crippen molar-refractivity contribution in [2.75, 3.05) is 13.7 Å². The summed E-state index contributed by atoms with van der Waals surface area (Å²) >= 11 is 0. The van der Waals surface area contributed by atoms with Crippen molar-refractivity contribution in [3.05, 3.63) is 78.4 Å². The molecule has 2 aromatic carbocycles. The van der Waals surface area contributed by atoms with Crippen LogP contribution in [0.5, 0.6) is 5.75 Å². The van der Waals surface area contributed by atoms with Gasteiger partial charge in [0.25, 0.3) is 0 Å². The summed E-state index contributed by atoms with van der Waals surface area (Å²) < 4.78 is 7.30. The van der Waals surface area contributed by atoms with Gasteiger partial charge in [-0.25, -0.2) is 9.67 Å². The van der Waals surface area contributed by atoms with E-state index in [0.29, 0.717) is 6.61 Å². The van der Waals surface area contributed by atoms with Crippen LogP contribution in [0.15, 0.2) is 67.3 Å². The third-order valence-electron chi connectivity index (χ3n) is 4.61. The molecule has 0 saturated carbocycles. The lowest BCUT2D eigenvalue weighted by Crippen LogP contribution is -2.28. The molecule has 1 atom stereocenters. The number of hydrogen-bond donors (Lipinski definition) is 0. The molecule has 144 valence electrons. The summed E-state index contributed by atoms with van der Waals surface area (Å²) in [6.45, 7) is 4.53. The third-order valence-corrected chi connectivity index (χ3v) is 4.61. The highest BCUT2D eigenvalue weighted by Crippen LogP contribution is 2.22. The van der Waals surface area contributed by atoms with E-state index in [4.69, 9.17) is 4.74 Å². The van der Waals surface area contributed by atoms with Gasteiger partial charge in [0.1, 0.15) is 18.4 Å². The first-order valence-corrected chi connectivity index (χ1v) is 9.21. The highest BCUT2D eigenvalue weighted by molar-refractivity contribution is 5.92. The summed E-state index contributed by atoms with van der Waals surface area (Å²) in [6, 6.07) is 15.5. The van der Waals surface area contributed by atoms with Gasteiger partial charge in [0, 0.05) is 18.7 Å². The predicted molar refractivity (Wildman–Crippen MR) is 109 cm³/mol. The van der Waals surface area contributed by atoms with E-state index in [0.717, 1.165) is 22.6 Å². The molecule has 0 aliphatic heterocycles. The summed E-state index contributed by atoms with van der Waals surface area (Å²) in [5.41, 5.74) is 2.86. The van der Waals surface area contributed by atoms with Crippen molar-refractivity contribution in [3.8, 4) is 11.4 Å². The fraction of sp³-hybridized carbons (Fsp3) is 0.227. The van der Waals surface area contributed by atoms with Crippen molar-refractivity contribution >= 4 is 12.0 Å². The molecule has 1 heterocycles. The Bertz CT molecular complexity index is 933. The zero-order chi connectivity index (χ0) is 19.9. The molecule has 0 aliphatic rings. The first-order chi connectivity index (χ1) is 13.6. The Labute approximate surface area is 165 Å². The Balaban J connectivity index is 1.69. The minimum Gasteiger partial charge on any atom is -0.493 e. The van der Waals surface area contributed by atoms with Gasteiger partial charge in [0.05, 0.1) is 18.3 Å². The van der Waals surface area contributed by atoms with E-state index in [2.05, 4.69) is 10.1 Å². The second-order valence-electron chi connectivity index (χ2n) is 6.36. The molecule has 0 N–H and O–H groups in total. The van der Waals surface area contributed by atoms with E-state index in [-0.39, 0.29) is 11.9 Å². The fourth-order valence-electron chi connectivity index (χ4n) is 2.85. The zero-order valence-electron chi connectivity index (χ0n) is 16.3. The van der Waals surface area contributed by atoms with E-state index in [1.54, 1.807) is 35.1 Å². The average molecular weight is 376 g/mol.